The van der Waals surface area contributed by atoms with Crippen molar-refractivity contribution in [3.8, 4) is 0 Å². The Morgan fingerprint density at radius 1 is 1.47 bits per heavy atom. The molecule has 0 aliphatic rings. The van der Waals surface area contributed by atoms with Crippen molar-refractivity contribution in [3.63, 3.8) is 0 Å². The summed E-state index contributed by atoms with van der Waals surface area (Å²) in [5.41, 5.74) is 7.15. The maximum atomic E-state index is 5.94. The van der Waals surface area contributed by atoms with Crippen LogP contribution in [0.5, 0.6) is 0 Å². The van der Waals surface area contributed by atoms with Crippen molar-refractivity contribution < 1.29 is 0 Å². The summed E-state index contributed by atoms with van der Waals surface area (Å²) < 4.78 is 2.07. The van der Waals surface area contributed by atoms with E-state index in [1.54, 1.807) is 0 Å². The second-order valence-electron chi connectivity index (χ2n) is 4.78. The van der Waals surface area contributed by atoms with Gasteiger partial charge in [-0.15, -0.1) is 0 Å². The SMILES string of the molecule is CCC(C)CN(CC)C(CN)c1cncn1C. The van der Waals surface area contributed by atoms with Gasteiger partial charge in [0, 0.05) is 26.3 Å². The smallest absolute Gasteiger partial charge is 0.0946 e. The number of nitrogens with zero attached hydrogens (tertiary/aromatic N) is 3. The lowest BCUT2D eigenvalue weighted by atomic mass is 10.1. The van der Waals surface area contributed by atoms with Gasteiger partial charge in [0.15, 0.2) is 0 Å². The number of aryl methyl sites for hydroxylation is 1. The van der Waals surface area contributed by atoms with Crippen LogP contribution in [0.3, 0.4) is 0 Å². The minimum absolute atomic E-state index is 0.279. The number of likely N-dealkylation sites (N-methyl/N-ethyl adjacent to an activating group) is 1. The summed E-state index contributed by atoms with van der Waals surface area (Å²) in [6.45, 7) is 9.49. The molecule has 1 aromatic rings. The second-order valence-corrected chi connectivity index (χ2v) is 4.78. The highest BCUT2D eigenvalue weighted by Crippen LogP contribution is 2.20. The fraction of sp³-hybridized carbons (Fsp3) is 0.769. The monoisotopic (exact) mass is 238 g/mol. The molecular weight excluding hydrogens is 212 g/mol. The predicted octanol–water partition coefficient (Wildman–Crippen LogP) is 1.79. The molecule has 0 aliphatic carbocycles. The summed E-state index contributed by atoms with van der Waals surface area (Å²) >= 11 is 0. The average Bonchev–Trinajstić information content (AvgIpc) is 2.75. The van der Waals surface area contributed by atoms with Crippen molar-refractivity contribution >= 4 is 0 Å². The normalized spacial score (nSPS) is 15.2. The largest absolute Gasteiger partial charge is 0.336 e. The molecule has 1 aromatic heterocycles. The van der Waals surface area contributed by atoms with E-state index in [1.165, 1.54) is 12.1 Å². The third-order valence-corrected chi connectivity index (χ3v) is 3.51. The van der Waals surface area contributed by atoms with Crippen LogP contribution in [0.25, 0.3) is 0 Å². The molecule has 1 heterocycles. The van der Waals surface area contributed by atoms with Gasteiger partial charge in [0.05, 0.1) is 18.1 Å². The van der Waals surface area contributed by atoms with Crippen LogP contribution in [-0.4, -0.2) is 34.1 Å². The van der Waals surface area contributed by atoms with Crippen LogP contribution >= 0.6 is 0 Å². The number of hydrogen-bond acceptors (Lipinski definition) is 3. The predicted molar refractivity (Wildman–Crippen MR) is 71.7 cm³/mol. The summed E-state index contributed by atoms with van der Waals surface area (Å²) in [6, 6.07) is 0.279. The van der Waals surface area contributed by atoms with E-state index in [4.69, 9.17) is 5.73 Å². The highest BCUT2D eigenvalue weighted by atomic mass is 15.2. The summed E-state index contributed by atoms with van der Waals surface area (Å²) in [5, 5.41) is 0. The molecule has 0 amide bonds. The van der Waals surface area contributed by atoms with E-state index in [1.807, 2.05) is 19.6 Å². The summed E-state index contributed by atoms with van der Waals surface area (Å²) in [5.74, 6) is 0.706. The highest BCUT2D eigenvalue weighted by Gasteiger charge is 2.21. The Morgan fingerprint density at radius 2 is 2.18 bits per heavy atom. The lowest BCUT2D eigenvalue weighted by molar-refractivity contribution is 0.177. The van der Waals surface area contributed by atoms with Crippen LogP contribution in [-0.2, 0) is 7.05 Å². The highest BCUT2D eigenvalue weighted by molar-refractivity contribution is 5.06. The number of nitrogens with two attached hydrogens (primary N) is 1. The summed E-state index contributed by atoms with van der Waals surface area (Å²) in [4.78, 5) is 6.64. The molecule has 0 aliphatic heterocycles. The van der Waals surface area contributed by atoms with E-state index >= 15 is 0 Å². The van der Waals surface area contributed by atoms with Crippen LogP contribution in [0.1, 0.15) is 38.9 Å². The number of aromatic nitrogens is 2. The zero-order valence-corrected chi connectivity index (χ0v) is 11.6. The van der Waals surface area contributed by atoms with Gasteiger partial charge >= 0.3 is 0 Å². The summed E-state index contributed by atoms with van der Waals surface area (Å²) in [6.07, 6.45) is 4.98. The molecule has 1 rings (SSSR count). The molecular formula is C13H26N4. The molecule has 17 heavy (non-hydrogen) atoms. The third kappa shape index (κ3) is 3.54. The van der Waals surface area contributed by atoms with Gasteiger partial charge in [0.25, 0.3) is 0 Å². The lowest BCUT2D eigenvalue weighted by Crippen LogP contribution is -2.37. The van der Waals surface area contributed by atoms with Crippen LogP contribution in [0, 0.1) is 5.92 Å². The van der Waals surface area contributed by atoms with Crippen molar-refractivity contribution in [1.82, 2.24) is 14.5 Å². The fourth-order valence-corrected chi connectivity index (χ4v) is 2.15. The van der Waals surface area contributed by atoms with Crippen LogP contribution in [0.2, 0.25) is 0 Å². The molecule has 98 valence electrons. The first-order chi connectivity index (χ1) is 8.13. The minimum Gasteiger partial charge on any atom is -0.336 e. The molecule has 0 spiro atoms. The Balaban J connectivity index is 2.80. The molecule has 0 saturated heterocycles. The van der Waals surface area contributed by atoms with Crippen LogP contribution < -0.4 is 5.73 Å². The molecule has 4 nitrogen and oxygen atoms in total. The Kier molecular flexibility index (Phi) is 5.65. The fourth-order valence-electron chi connectivity index (χ4n) is 2.15. The number of rotatable bonds is 7. The molecule has 2 atom stereocenters. The zero-order valence-electron chi connectivity index (χ0n) is 11.6. The van der Waals surface area contributed by atoms with Gasteiger partial charge in [0.2, 0.25) is 0 Å². The lowest BCUT2D eigenvalue weighted by Gasteiger charge is -2.31. The Hall–Kier alpha value is -0.870. The molecule has 2 N–H and O–H groups in total. The van der Waals surface area contributed by atoms with Crippen molar-refractivity contribution in [2.45, 2.75) is 33.2 Å². The molecule has 0 bridgehead atoms. The van der Waals surface area contributed by atoms with Gasteiger partial charge in [-0.25, -0.2) is 4.98 Å². The van der Waals surface area contributed by atoms with E-state index < -0.39 is 0 Å². The number of hydrogen-bond donors (Lipinski definition) is 1. The van der Waals surface area contributed by atoms with Crippen LogP contribution in [0.4, 0.5) is 0 Å². The summed E-state index contributed by atoms with van der Waals surface area (Å²) in [7, 11) is 2.03. The molecule has 4 heteroatoms. The van der Waals surface area contributed by atoms with E-state index in [-0.39, 0.29) is 6.04 Å². The molecule has 0 aromatic carbocycles. The van der Waals surface area contributed by atoms with Gasteiger partial charge in [-0.3, -0.25) is 4.90 Å². The molecule has 0 saturated carbocycles. The minimum atomic E-state index is 0.279. The average molecular weight is 238 g/mol. The maximum Gasteiger partial charge on any atom is 0.0946 e. The van der Waals surface area contributed by atoms with Crippen molar-refractivity contribution in [1.29, 1.82) is 0 Å². The van der Waals surface area contributed by atoms with Crippen LogP contribution in [0.15, 0.2) is 12.5 Å². The van der Waals surface area contributed by atoms with E-state index in [9.17, 15) is 0 Å². The Labute approximate surface area is 105 Å². The first-order valence-electron chi connectivity index (χ1n) is 6.54. The van der Waals surface area contributed by atoms with Gasteiger partial charge < -0.3 is 10.3 Å². The van der Waals surface area contributed by atoms with Gasteiger partial charge in [-0.2, -0.15) is 0 Å². The van der Waals surface area contributed by atoms with Crippen molar-refractivity contribution in [2.75, 3.05) is 19.6 Å². The van der Waals surface area contributed by atoms with E-state index in [0.29, 0.717) is 12.5 Å². The topological polar surface area (TPSA) is 47.1 Å². The van der Waals surface area contributed by atoms with Gasteiger partial charge in [0.1, 0.15) is 0 Å². The van der Waals surface area contributed by atoms with Crippen molar-refractivity contribution in [3.05, 3.63) is 18.2 Å². The molecule has 2 unspecified atom stereocenters. The second kappa shape index (κ2) is 6.77. The Bertz CT molecular complexity index is 321. The molecule has 0 radical (unpaired) electrons. The first-order valence-corrected chi connectivity index (χ1v) is 6.54. The molecule has 0 fully saturated rings. The number of imidazole rings is 1. The first kappa shape index (κ1) is 14.2. The van der Waals surface area contributed by atoms with Crippen molar-refractivity contribution in [2.24, 2.45) is 18.7 Å². The quantitative estimate of drug-likeness (QED) is 0.788. The van der Waals surface area contributed by atoms with Gasteiger partial charge in [-0.1, -0.05) is 27.2 Å². The zero-order chi connectivity index (χ0) is 12.8. The van der Waals surface area contributed by atoms with E-state index in [0.717, 1.165) is 13.1 Å². The Morgan fingerprint density at radius 3 is 2.59 bits per heavy atom. The van der Waals surface area contributed by atoms with E-state index in [2.05, 4.69) is 35.2 Å². The third-order valence-electron chi connectivity index (χ3n) is 3.51. The standard InChI is InChI=1S/C13H26N4/c1-5-11(3)9-17(6-2)12(7-14)13-8-15-10-16(13)4/h8,10-12H,5-7,9,14H2,1-4H3. The maximum absolute atomic E-state index is 5.94. The van der Waals surface area contributed by atoms with Gasteiger partial charge in [-0.05, 0) is 12.5 Å².